The standard InChI is InChI=1S/C23H25N5O/c24-22(25)20-14-28-21-6-1-15(13-19(20)21)7-12-27-23(29)18-4-2-16(3-5-18)17-8-10-26-11-9-17/h1-6,8,13-14,26,28H,7,9-12H2,(H3,24,25)(H,27,29). The Morgan fingerprint density at radius 3 is 2.72 bits per heavy atom. The first kappa shape index (κ1) is 19.0. The van der Waals surface area contributed by atoms with Crippen molar-refractivity contribution in [2.75, 3.05) is 19.6 Å². The third-order valence-corrected chi connectivity index (χ3v) is 5.32. The summed E-state index contributed by atoms with van der Waals surface area (Å²) >= 11 is 0. The van der Waals surface area contributed by atoms with Crippen LogP contribution in [0.5, 0.6) is 0 Å². The molecule has 0 unspecified atom stereocenters. The Kier molecular flexibility index (Phi) is 5.44. The summed E-state index contributed by atoms with van der Waals surface area (Å²) in [6.07, 6.45) is 5.68. The van der Waals surface area contributed by atoms with E-state index in [2.05, 4.69) is 21.7 Å². The quantitative estimate of drug-likeness (QED) is 0.332. The van der Waals surface area contributed by atoms with E-state index in [4.69, 9.17) is 11.1 Å². The zero-order valence-electron chi connectivity index (χ0n) is 16.2. The van der Waals surface area contributed by atoms with E-state index in [0.29, 0.717) is 24.1 Å². The first-order valence-corrected chi connectivity index (χ1v) is 9.84. The van der Waals surface area contributed by atoms with E-state index in [-0.39, 0.29) is 11.7 Å². The molecule has 1 amide bonds. The van der Waals surface area contributed by atoms with E-state index in [1.54, 1.807) is 6.20 Å². The van der Waals surface area contributed by atoms with Crippen molar-refractivity contribution in [2.24, 2.45) is 5.73 Å². The summed E-state index contributed by atoms with van der Waals surface area (Å²) in [6.45, 7) is 2.44. The van der Waals surface area contributed by atoms with Gasteiger partial charge in [-0.1, -0.05) is 24.3 Å². The largest absolute Gasteiger partial charge is 0.384 e. The van der Waals surface area contributed by atoms with E-state index in [9.17, 15) is 4.79 Å². The van der Waals surface area contributed by atoms with Crippen molar-refractivity contribution in [3.8, 4) is 0 Å². The predicted molar refractivity (Wildman–Crippen MR) is 117 cm³/mol. The smallest absolute Gasteiger partial charge is 0.251 e. The number of hydrogen-bond donors (Lipinski definition) is 5. The number of amides is 1. The normalized spacial score (nSPS) is 13.9. The van der Waals surface area contributed by atoms with Crippen molar-refractivity contribution < 1.29 is 4.79 Å². The summed E-state index contributed by atoms with van der Waals surface area (Å²) in [7, 11) is 0. The van der Waals surface area contributed by atoms with E-state index in [1.165, 1.54) is 11.1 Å². The van der Waals surface area contributed by atoms with E-state index < -0.39 is 0 Å². The van der Waals surface area contributed by atoms with Crippen LogP contribution in [0.2, 0.25) is 0 Å². The monoisotopic (exact) mass is 387 g/mol. The van der Waals surface area contributed by atoms with Gasteiger partial charge in [0, 0.05) is 41.3 Å². The number of amidine groups is 1. The molecule has 148 valence electrons. The van der Waals surface area contributed by atoms with Gasteiger partial charge in [-0.2, -0.15) is 0 Å². The van der Waals surface area contributed by atoms with Gasteiger partial charge in [-0.15, -0.1) is 0 Å². The Morgan fingerprint density at radius 2 is 2.00 bits per heavy atom. The summed E-state index contributed by atoms with van der Waals surface area (Å²) in [5.74, 6) is -0.0200. The molecule has 6 nitrogen and oxygen atoms in total. The molecule has 29 heavy (non-hydrogen) atoms. The third-order valence-electron chi connectivity index (χ3n) is 5.32. The highest BCUT2D eigenvalue weighted by Gasteiger charge is 2.10. The number of nitrogen functional groups attached to an aromatic ring is 1. The molecule has 0 atom stereocenters. The molecule has 1 aliphatic heterocycles. The molecule has 0 fully saturated rings. The molecule has 0 bridgehead atoms. The van der Waals surface area contributed by atoms with E-state index >= 15 is 0 Å². The number of hydrogen-bond acceptors (Lipinski definition) is 3. The molecule has 0 saturated heterocycles. The summed E-state index contributed by atoms with van der Waals surface area (Å²) < 4.78 is 0. The average molecular weight is 387 g/mol. The number of carbonyl (C=O) groups excluding carboxylic acids is 1. The van der Waals surface area contributed by atoms with Gasteiger partial charge in [-0.25, -0.2) is 0 Å². The summed E-state index contributed by atoms with van der Waals surface area (Å²) in [6, 6.07) is 13.8. The Bertz CT molecular complexity index is 1080. The highest BCUT2D eigenvalue weighted by molar-refractivity contribution is 6.07. The maximum atomic E-state index is 12.5. The van der Waals surface area contributed by atoms with Crippen molar-refractivity contribution in [1.29, 1.82) is 5.41 Å². The van der Waals surface area contributed by atoms with Gasteiger partial charge >= 0.3 is 0 Å². The zero-order chi connectivity index (χ0) is 20.2. The third kappa shape index (κ3) is 4.22. The second-order valence-electron chi connectivity index (χ2n) is 7.26. The van der Waals surface area contributed by atoms with E-state index in [1.807, 2.05) is 42.5 Å². The van der Waals surface area contributed by atoms with Gasteiger partial charge in [0.25, 0.3) is 5.91 Å². The molecule has 0 aliphatic carbocycles. The van der Waals surface area contributed by atoms with Crippen LogP contribution in [0.15, 0.2) is 54.7 Å². The Labute approximate surface area is 169 Å². The molecule has 0 saturated carbocycles. The first-order valence-electron chi connectivity index (χ1n) is 9.84. The summed E-state index contributed by atoms with van der Waals surface area (Å²) in [5, 5.41) is 14.9. The van der Waals surface area contributed by atoms with Crippen molar-refractivity contribution in [2.45, 2.75) is 12.8 Å². The highest BCUT2D eigenvalue weighted by atomic mass is 16.1. The van der Waals surface area contributed by atoms with Crippen LogP contribution in [0.3, 0.4) is 0 Å². The predicted octanol–water partition coefficient (Wildman–Crippen LogP) is 2.80. The molecule has 0 spiro atoms. The molecule has 6 N–H and O–H groups in total. The van der Waals surface area contributed by atoms with Gasteiger partial charge in [-0.3, -0.25) is 10.2 Å². The number of benzene rings is 2. The number of nitrogens with one attached hydrogen (secondary N) is 4. The lowest BCUT2D eigenvalue weighted by Gasteiger charge is -2.14. The van der Waals surface area contributed by atoms with Crippen LogP contribution in [0.4, 0.5) is 0 Å². The number of aromatic amines is 1. The second kappa shape index (κ2) is 8.32. The molecular formula is C23H25N5O. The maximum Gasteiger partial charge on any atom is 0.251 e. The maximum absolute atomic E-state index is 12.5. The van der Waals surface area contributed by atoms with Crippen LogP contribution >= 0.6 is 0 Å². The fourth-order valence-electron chi connectivity index (χ4n) is 3.69. The second-order valence-corrected chi connectivity index (χ2v) is 7.26. The van der Waals surface area contributed by atoms with Gasteiger partial charge in [0.1, 0.15) is 5.84 Å². The van der Waals surface area contributed by atoms with Gasteiger partial charge in [0.2, 0.25) is 0 Å². The molecule has 1 aromatic heterocycles. The lowest BCUT2D eigenvalue weighted by atomic mass is 9.99. The Hall–Kier alpha value is -3.38. The van der Waals surface area contributed by atoms with Gasteiger partial charge in [0.15, 0.2) is 0 Å². The summed E-state index contributed by atoms with van der Waals surface area (Å²) in [4.78, 5) is 15.6. The van der Waals surface area contributed by atoms with Crippen molar-refractivity contribution >= 4 is 28.2 Å². The van der Waals surface area contributed by atoms with Crippen LogP contribution in [-0.2, 0) is 6.42 Å². The molecule has 0 radical (unpaired) electrons. The number of aromatic nitrogens is 1. The topological polar surface area (TPSA) is 107 Å². The van der Waals surface area contributed by atoms with Gasteiger partial charge < -0.3 is 21.4 Å². The number of nitrogens with two attached hydrogens (primary N) is 1. The zero-order valence-corrected chi connectivity index (χ0v) is 16.2. The van der Waals surface area contributed by atoms with Crippen LogP contribution in [0.25, 0.3) is 16.5 Å². The number of carbonyl (C=O) groups is 1. The Balaban J connectivity index is 1.36. The fraction of sp³-hybridized carbons (Fsp3) is 0.217. The molecular weight excluding hydrogens is 362 g/mol. The van der Waals surface area contributed by atoms with Crippen LogP contribution in [0.1, 0.15) is 33.5 Å². The Morgan fingerprint density at radius 1 is 1.17 bits per heavy atom. The van der Waals surface area contributed by atoms with Crippen molar-refractivity contribution in [3.05, 3.63) is 77.0 Å². The first-order chi connectivity index (χ1) is 14.1. The summed E-state index contributed by atoms with van der Waals surface area (Å²) in [5.41, 5.74) is 11.6. The molecule has 4 rings (SSSR count). The van der Waals surface area contributed by atoms with Crippen molar-refractivity contribution in [3.63, 3.8) is 0 Å². The minimum Gasteiger partial charge on any atom is -0.384 e. The molecule has 2 heterocycles. The number of fused-ring (bicyclic) bond motifs is 1. The molecule has 2 aromatic carbocycles. The van der Waals surface area contributed by atoms with Gasteiger partial charge in [-0.05, 0) is 60.4 Å². The lowest BCUT2D eigenvalue weighted by molar-refractivity contribution is 0.0954. The molecule has 3 aromatic rings. The highest BCUT2D eigenvalue weighted by Crippen LogP contribution is 2.21. The average Bonchev–Trinajstić information content (AvgIpc) is 3.18. The minimum absolute atomic E-state index is 0.0467. The van der Waals surface area contributed by atoms with Crippen LogP contribution < -0.4 is 16.4 Å². The molecule has 1 aliphatic rings. The lowest BCUT2D eigenvalue weighted by Crippen LogP contribution is -2.25. The van der Waals surface area contributed by atoms with Gasteiger partial charge in [0.05, 0.1) is 0 Å². The van der Waals surface area contributed by atoms with E-state index in [0.717, 1.165) is 36.0 Å². The fourth-order valence-corrected chi connectivity index (χ4v) is 3.69. The van der Waals surface area contributed by atoms with Crippen molar-refractivity contribution in [1.82, 2.24) is 15.6 Å². The number of rotatable bonds is 6. The van der Waals surface area contributed by atoms with Crippen LogP contribution in [-0.4, -0.2) is 36.4 Å². The minimum atomic E-state index is -0.0667. The van der Waals surface area contributed by atoms with Crippen LogP contribution in [0, 0.1) is 5.41 Å². The molecule has 6 heteroatoms. The SMILES string of the molecule is N=C(N)c1c[nH]c2ccc(CCNC(=O)c3ccc(C4=CCNCC4)cc3)cc12. The number of H-pyrrole nitrogens is 1.